The summed E-state index contributed by atoms with van der Waals surface area (Å²) in [5.74, 6) is 0. The van der Waals surface area contributed by atoms with E-state index in [0.717, 1.165) is 39.1 Å². The number of carbonyl (C=O) groups excluding carboxylic acids is 1. The maximum absolute atomic E-state index is 13.1. The van der Waals surface area contributed by atoms with Gasteiger partial charge in [-0.2, -0.15) is 0 Å². The van der Waals surface area contributed by atoms with Crippen molar-refractivity contribution in [3.05, 3.63) is 0 Å². The third kappa shape index (κ3) is 2.16. The largest absolute Gasteiger partial charge is 0.380 e. The molecule has 0 aromatic carbocycles. The summed E-state index contributed by atoms with van der Waals surface area (Å²) in [7, 11) is 0. The molecule has 0 saturated carbocycles. The molecule has 2 unspecified atom stereocenters. The van der Waals surface area contributed by atoms with Crippen LogP contribution in [0.5, 0.6) is 0 Å². The van der Waals surface area contributed by atoms with Gasteiger partial charge in [0.1, 0.15) is 0 Å². The minimum absolute atomic E-state index is 0.0588. The van der Waals surface area contributed by atoms with Crippen LogP contribution in [0.1, 0.15) is 46.5 Å². The predicted molar refractivity (Wildman–Crippen MR) is 84.8 cm³/mol. The van der Waals surface area contributed by atoms with Crippen molar-refractivity contribution in [3.63, 3.8) is 0 Å². The van der Waals surface area contributed by atoms with Crippen molar-refractivity contribution in [1.29, 1.82) is 0 Å². The highest BCUT2D eigenvalue weighted by atomic mass is 16.5. The first kappa shape index (κ1) is 14.8. The van der Waals surface area contributed by atoms with Crippen LogP contribution in [-0.4, -0.2) is 65.8 Å². The molecule has 1 N–H and O–H groups in total. The zero-order chi connectivity index (χ0) is 15.5. The monoisotopic (exact) mass is 307 g/mol. The molecule has 22 heavy (non-hydrogen) atoms. The first-order valence-electron chi connectivity index (χ1n) is 8.83. The second-order valence-electron chi connectivity index (χ2n) is 8.68. The molecule has 4 fully saturated rings. The van der Waals surface area contributed by atoms with E-state index in [1.807, 2.05) is 0 Å². The fraction of sp³-hybridized carbons (Fsp3) is 0.941. The number of hydrogen-bond donors (Lipinski definition) is 1. The number of rotatable bonds is 3. The van der Waals surface area contributed by atoms with Crippen LogP contribution < -0.4 is 5.32 Å². The molecule has 4 rings (SSSR count). The van der Waals surface area contributed by atoms with Crippen molar-refractivity contribution in [3.8, 4) is 0 Å². The number of piperidine rings is 1. The van der Waals surface area contributed by atoms with E-state index in [0.29, 0.717) is 12.1 Å². The van der Waals surface area contributed by atoms with E-state index in [-0.39, 0.29) is 23.0 Å². The second kappa shape index (κ2) is 4.84. The molecule has 4 aliphatic heterocycles. The number of urea groups is 1. The van der Waals surface area contributed by atoms with Crippen LogP contribution in [0.2, 0.25) is 0 Å². The first-order valence-corrected chi connectivity index (χ1v) is 8.83. The molecule has 2 bridgehead atoms. The minimum atomic E-state index is 0.0588. The Morgan fingerprint density at radius 2 is 1.91 bits per heavy atom. The third-order valence-electron chi connectivity index (χ3n) is 6.05. The van der Waals surface area contributed by atoms with Gasteiger partial charge in [0.05, 0.1) is 18.8 Å². The molecule has 4 heterocycles. The van der Waals surface area contributed by atoms with Crippen LogP contribution in [-0.2, 0) is 4.74 Å². The van der Waals surface area contributed by atoms with E-state index in [1.165, 1.54) is 12.8 Å². The van der Waals surface area contributed by atoms with Crippen LogP contribution in [0, 0.1) is 5.41 Å². The van der Waals surface area contributed by atoms with Crippen molar-refractivity contribution in [2.24, 2.45) is 5.41 Å². The van der Waals surface area contributed by atoms with Crippen molar-refractivity contribution in [1.82, 2.24) is 15.1 Å². The minimum Gasteiger partial charge on any atom is -0.380 e. The quantitative estimate of drug-likeness (QED) is 0.865. The highest BCUT2D eigenvalue weighted by Gasteiger charge is 2.56. The molecule has 5 nitrogen and oxygen atoms in total. The molecule has 2 atom stereocenters. The van der Waals surface area contributed by atoms with E-state index in [2.05, 4.69) is 35.9 Å². The van der Waals surface area contributed by atoms with Crippen molar-refractivity contribution >= 4 is 6.03 Å². The Bertz CT molecular complexity index is 463. The highest BCUT2D eigenvalue weighted by Crippen LogP contribution is 2.44. The number of carbonyl (C=O) groups is 1. The molecule has 1 spiro atoms. The maximum atomic E-state index is 13.1. The summed E-state index contributed by atoms with van der Waals surface area (Å²) in [6.07, 6.45) is 4.80. The van der Waals surface area contributed by atoms with Crippen LogP contribution in [0.15, 0.2) is 0 Å². The number of ether oxygens (including phenoxy) is 1. The van der Waals surface area contributed by atoms with Gasteiger partial charge >= 0.3 is 6.03 Å². The number of amides is 2. The molecular formula is C17H29N3O2. The van der Waals surface area contributed by atoms with Crippen LogP contribution in [0.4, 0.5) is 4.79 Å². The Morgan fingerprint density at radius 1 is 1.27 bits per heavy atom. The summed E-state index contributed by atoms with van der Waals surface area (Å²) in [5.41, 5.74) is 0.221. The lowest BCUT2D eigenvalue weighted by molar-refractivity contribution is -0.109. The van der Waals surface area contributed by atoms with Gasteiger partial charge in [-0.1, -0.05) is 6.92 Å². The smallest absolute Gasteiger partial charge is 0.320 e. The molecule has 2 amide bonds. The van der Waals surface area contributed by atoms with Gasteiger partial charge in [0.2, 0.25) is 0 Å². The predicted octanol–water partition coefficient (Wildman–Crippen LogP) is 1.82. The summed E-state index contributed by atoms with van der Waals surface area (Å²) in [6, 6.07) is 1.75. The van der Waals surface area contributed by atoms with Gasteiger partial charge in [-0.15, -0.1) is 0 Å². The number of hydrogen-bond acceptors (Lipinski definition) is 3. The molecule has 0 radical (unpaired) electrons. The fourth-order valence-corrected chi connectivity index (χ4v) is 5.30. The standard InChI is InChI=1S/C17H29N3O2/c1-12(2)20-15(21)19(8-16(3)10-22-11-16)9-17(20)6-13-4-5-14(7-17)18-13/h12-14,18H,4-11H2,1-3H3. The van der Waals surface area contributed by atoms with E-state index in [1.54, 1.807) is 0 Å². The number of nitrogens with zero attached hydrogens (tertiary/aromatic N) is 2. The highest BCUT2D eigenvalue weighted by molar-refractivity contribution is 5.78. The molecular weight excluding hydrogens is 278 g/mol. The van der Waals surface area contributed by atoms with Gasteiger partial charge in [-0.3, -0.25) is 0 Å². The zero-order valence-corrected chi connectivity index (χ0v) is 14.1. The first-order chi connectivity index (χ1) is 10.4. The van der Waals surface area contributed by atoms with Crippen LogP contribution in [0.25, 0.3) is 0 Å². The van der Waals surface area contributed by atoms with Gasteiger partial charge in [-0.25, -0.2) is 4.79 Å². The van der Waals surface area contributed by atoms with Gasteiger partial charge in [0, 0.05) is 36.6 Å². The molecule has 5 heteroatoms. The number of nitrogens with one attached hydrogen (secondary N) is 1. The summed E-state index contributed by atoms with van der Waals surface area (Å²) >= 11 is 0. The topological polar surface area (TPSA) is 44.8 Å². The summed E-state index contributed by atoms with van der Waals surface area (Å²) in [5, 5.41) is 3.72. The van der Waals surface area contributed by atoms with Crippen LogP contribution >= 0.6 is 0 Å². The average molecular weight is 307 g/mol. The van der Waals surface area contributed by atoms with Crippen molar-refractivity contribution in [2.75, 3.05) is 26.3 Å². The van der Waals surface area contributed by atoms with E-state index >= 15 is 0 Å². The normalized spacial score (nSPS) is 39.9. The lowest BCUT2D eigenvalue weighted by Gasteiger charge is -2.45. The Morgan fingerprint density at radius 3 is 2.41 bits per heavy atom. The van der Waals surface area contributed by atoms with E-state index in [9.17, 15) is 4.79 Å². The molecule has 124 valence electrons. The SMILES string of the molecule is CC(C)N1C(=O)N(CC2(C)COC2)CC12CC1CCC(C2)N1. The van der Waals surface area contributed by atoms with Gasteiger partial charge in [-0.05, 0) is 39.5 Å². The summed E-state index contributed by atoms with van der Waals surface area (Å²) < 4.78 is 5.38. The fourth-order valence-electron chi connectivity index (χ4n) is 5.30. The van der Waals surface area contributed by atoms with Gasteiger partial charge in [0.15, 0.2) is 0 Å². The maximum Gasteiger partial charge on any atom is 0.320 e. The third-order valence-corrected chi connectivity index (χ3v) is 6.05. The zero-order valence-electron chi connectivity index (χ0n) is 14.1. The lowest BCUT2D eigenvalue weighted by atomic mass is 9.82. The molecule has 4 saturated heterocycles. The average Bonchev–Trinajstić information content (AvgIpc) is 2.86. The molecule has 0 aromatic heterocycles. The molecule has 4 aliphatic rings. The second-order valence-corrected chi connectivity index (χ2v) is 8.68. The van der Waals surface area contributed by atoms with Gasteiger partial charge < -0.3 is 19.9 Å². The molecule has 0 aliphatic carbocycles. The number of fused-ring (bicyclic) bond motifs is 2. The molecule has 0 aromatic rings. The summed E-state index contributed by atoms with van der Waals surface area (Å²) in [4.78, 5) is 17.4. The Hall–Kier alpha value is -0.810. The lowest BCUT2D eigenvalue weighted by Crippen LogP contribution is -2.59. The Kier molecular flexibility index (Phi) is 3.25. The van der Waals surface area contributed by atoms with Crippen molar-refractivity contribution in [2.45, 2.75) is 70.1 Å². The Balaban J connectivity index is 1.59. The van der Waals surface area contributed by atoms with Crippen molar-refractivity contribution < 1.29 is 9.53 Å². The van der Waals surface area contributed by atoms with Crippen LogP contribution in [0.3, 0.4) is 0 Å². The van der Waals surface area contributed by atoms with E-state index < -0.39 is 0 Å². The van der Waals surface area contributed by atoms with E-state index in [4.69, 9.17) is 4.74 Å². The summed E-state index contributed by atoms with van der Waals surface area (Å²) in [6.45, 7) is 9.91. The van der Waals surface area contributed by atoms with Gasteiger partial charge in [0.25, 0.3) is 0 Å². The Labute approximate surface area is 133 Å².